The van der Waals surface area contributed by atoms with Crippen molar-refractivity contribution in [2.24, 2.45) is 0 Å². The van der Waals surface area contributed by atoms with Crippen molar-refractivity contribution in [1.82, 2.24) is 14.9 Å². The van der Waals surface area contributed by atoms with Crippen LogP contribution in [-0.2, 0) is 0 Å². The molecule has 0 spiro atoms. The fourth-order valence-electron chi connectivity index (χ4n) is 2.04. The lowest BCUT2D eigenvalue weighted by Crippen LogP contribution is -2.17. The minimum Gasteiger partial charge on any atom is -0.388 e. The highest BCUT2D eigenvalue weighted by Gasteiger charge is 2.17. The zero-order valence-corrected chi connectivity index (χ0v) is 12.1. The number of para-hydroxylation sites is 1. The van der Waals surface area contributed by atoms with Crippen molar-refractivity contribution in [3.05, 3.63) is 58.5 Å². The molecular formula is C14H11Cl2N3O. The first-order valence-corrected chi connectivity index (χ1v) is 6.81. The lowest BCUT2D eigenvalue weighted by atomic mass is 10.2. The SMILES string of the molecule is CC(On1ncc2ccccc21)c1c(Cl)cncc1Cl. The molecule has 6 heteroatoms. The smallest absolute Gasteiger partial charge is 0.152 e. The Bertz CT molecular complexity index is 737. The summed E-state index contributed by atoms with van der Waals surface area (Å²) in [4.78, 5) is 11.2. The Kier molecular flexibility index (Phi) is 3.51. The molecular weight excluding hydrogens is 297 g/mol. The van der Waals surface area contributed by atoms with Crippen molar-refractivity contribution in [1.29, 1.82) is 0 Å². The van der Waals surface area contributed by atoms with E-state index in [0.29, 0.717) is 15.6 Å². The molecule has 0 amide bonds. The predicted molar refractivity (Wildman–Crippen MR) is 79.0 cm³/mol. The van der Waals surface area contributed by atoms with Gasteiger partial charge in [-0.1, -0.05) is 46.2 Å². The summed E-state index contributed by atoms with van der Waals surface area (Å²) in [6.07, 6.45) is 4.49. The molecule has 0 saturated heterocycles. The molecule has 4 nitrogen and oxygen atoms in total. The highest BCUT2D eigenvalue weighted by Crippen LogP contribution is 2.30. The van der Waals surface area contributed by atoms with E-state index < -0.39 is 0 Å². The third kappa shape index (κ3) is 2.32. The van der Waals surface area contributed by atoms with Gasteiger partial charge in [0.1, 0.15) is 5.52 Å². The number of aromatic nitrogens is 3. The molecule has 20 heavy (non-hydrogen) atoms. The topological polar surface area (TPSA) is 39.9 Å². The monoisotopic (exact) mass is 307 g/mol. The molecule has 2 heterocycles. The zero-order chi connectivity index (χ0) is 14.1. The van der Waals surface area contributed by atoms with Gasteiger partial charge >= 0.3 is 0 Å². The summed E-state index contributed by atoms with van der Waals surface area (Å²) in [5.74, 6) is 0. The standard InChI is InChI=1S/C14H11Cl2N3O/c1-9(14-11(15)7-17-8-12(14)16)20-19-13-5-3-2-4-10(13)6-18-19/h2-9H,1H3. The molecule has 0 saturated carbocycles. The summed E-state index contributed by atoms with van der Waals surface area (Å²) in [5, 5.41) is 6.17. The molecule has 0 aliphatic heterocycles. The van der Waals surface area contributed by atoms with Gasteiger partial charge in [-0.15, -0.1) is 5.10 Å². The quantitative estimate of drug-likeness (QED) is 0.736. The second kappa shape index (κ2) is 5.31. The molecule has 102 valence electrons. The minimum absolute atomic E-state index is 0.346. The zero-order valence-electron chi connectivity index (χ0n) is 10.6. The summed E-state index contributed by atoms with van der Waals surface area (Å²) in [6, 6.07) is 7.79. The average molecular weight is 308 g/mol. The maximum atomic E-state index is 6.13. The molecule has 0 radical (unpaired) electrons. The van der Waals surface area contributed by atoms with Gasteiger partial charge in [0.25, 0.3) is 0 Å². The Labute approximate surface area is 125 Å². The molecule has 0 aliphatic carbocycles. The second-order valence-electron chi connectivity index (χ2n) is 4.34. The Morgan fingerprint density at radius 2 is 1.80 bits per heavy atom. The van der Waals surface area contributed by atoms with Crippen molar-refractivity contribution in [2.45, 2.75) is 13.0 Å². The summed E-state index contributed by atoms with van der Waals surface area (Å²) >= 11 is 12.3. The van der Waals surface area contributed by atoms with Gasteiger partial charge in [0.05, 0.1) is 16.2 Å². The summed E-state index contributed by atoms with van der Waals surface area (Å²) < 4.78 is 0. The first-order valence-electron chi connectivity index (χ1n) is 6.05. The number of fused-ring (bicyclic) bond motifs is 1. The Morgan fingerprint density at radius 1 is 1.10 bits per heavy atom. The van der Waals surface area contributed by atoms with Gasteiger partial charge in [-0.2, -0.15) is 0 Å². The normalized spacial score (nSPS) is 12.6. The fraction of sp³-hybridized carbons (Fsp3) is 0.143. The van der Waals surface area contributed by atoms with E-state index in [1.807, 2.05) is 31.2 Å². The number of benzene rings is 1. The second-order valence-corrected chi connectivity index (χ2v) is 5.16. The number of hydrogen-bond acceptors (Lipinski definition) is 3. The number of nitrogens with zero attached hydrogens (tertiary/aromatic N) is 3. The van der Waals surface area contributed by atoms with Crippen LogP contribution >= 0.6 is 23.2 Å². The molecule has 1 aromatic carbocycles. The Morgan fingerprint density at radius 3 is 2.55 bits per heavy atom. The number of rotatable bonds is 3. The number of hydrogen-bond donors (Lipinski definition) is 0. The van der Waals surface area contributed by atoms with Crippen molar-refractivity contribution in [3.63, 3.8) is 0 Å². The van der Waals surface area contributed by atoms with Crippen LogP contribution in [-0.4, -0.2) is 14.9 Å². The predicted octanol–water partition coefficient (Wildman–Crippen LogP) is 3.93. The van der Waals surface area contributed by atoms with Crippen LogP contribution in [0.1, 0.15) is 18.6 Å². The van der Waals surface area contributed by atoms with E-state index in [1.165, 1.54) is 4.85 Å². The van der Waals surface area contributed by atoms with Crippen molar-refractivity contribution in [3.8, 4) is 0 Å². The van der Waals surface area contributed by atoms with E-state index >= 15 is 0 Å². The van der Waals surface area contributed by atoms with Crippen LogP contribution in [0.3, 0.4) is 0 Å². The highest BCUT2D eigenvalue weighted by atomic mass is 35.5. The lowest BCUT2D eigenvalue weighted by molar-refractivity contribution is 0.0328. The summed E-state index contributed by atoms with van der Waals surface area (Å²) in [6.45, 7) is 1.86. The van der Waals surface area contributed by atoms with Gasteiger partial charge in [-0.05, 0) is 13.0 Å². The molecule has 0 N–H and O–H groups in total. The van der Waals surface area contributed by atoms with Gasteiger partial charge in [0, 0.05) is 23.3 Å². The lowest BCUT2D eigenvalue weighted by Gasteiger charge is -2.16. The first kappa shape index (κ1) is 13.2. The maximum Gasteiger partial charge on any atom is 0.152 e. The van der Waals surface area contributed by atoms with Crippen molar-refractivity contribution < 1.29 is 4.84 Å². The van der Waals surface area contributed by atoms with E-state index in [0.717, 1.165) is 10.9 Å². The molecule has 0 fully saturated rings. The van der Waals surface area contributed by atoms with E-state index in [9.17, 15) is 0 Å². The third-order valence-electron chi connectivity index (χ3n) is 3.00. The van der Waals surface area contributed by atoms with E-state index in [4.69, 9.17) is 28.0 Å². The third-order valence-corrected chi connectivity index (χ3v) is 3.60. The molecule has 1 atom stereocenters. The van der Waals surface area contributed by atoms with Gasteiger partial charge in [0.15, 0.2) is 6.10 Å². The van der Waals surface area contributed by atoms with Crippen LogP contribution in [0.15, 0.2) is 42.9 Å². The molecule has 3 rings (SSSR count). The van der Waals surface area contributed by atoms with E-state index in [1.54, 1.807) is 18.6 Å². The molecule has 0 aliphatic rings. The number of halogens is 2. The largest absolute Gasteiger partial charge is 0.388 e. The van der Waals surface area contributed by atoms with Crippen LogP contribution in [0.25, 0.3) is 10.9 Å². The molecule has 3 aromatic rings. The average Bonchev–Trinajstić information content (AvgIpc) is 2.82. The van der Waals surface area contributed by atoms with Crippen LogP contribution in [0.5, 0.6) is 0 Å². The van der Waals surface area contributed by atoms with Gasteiger partial charge in [-0.25, -0.2) is 0 Å². The van der Waals surface area contributed by atoms with E-state index in [2.05, 4.69) is 10.1 Å². The number of pyridine rings is 1. The van der Waals surface area contributed by atoms with Crippen molar-refractivity contribution >= 4 is 34.1 Å². The first-order chi connectivity index (χ1) is 9.66. The summed E-state index contributed by atoms with van der Waals surface area (Å²) in [5.41, 5.74) is 1.59. The Balaban J connectivity index is 1.95. The van der Waals surface area contributed by atoms with Gasteiger partial charge < -0.3 is 4.84 Å². The fourth-order valence-corrected chi connectivity index (χ4v) is 2.72. The molecule has 1 unspecified atom stereocenters. The highest BCUT2D eigenvalue weighted by molar-refractivity contribution is 6.35. The summed E-state index contributed by atoms with van der Waals surface area (Å²) in [7, 11) is 0. The van der Waals surface area contributed by atoms with Gasteiger partial charge in [-0.3, -0.25) is 4.98 Å². The Hall–Kier alpha value is -1.78. The van der Waals surface area contributed by atoms with Crippen LogP contribution in [0.4, 0.5) is 0 Å². The minimum atomic E-state index is -0.346. The van der Waals surface area contributed by atoms with Gasteiger partial charge in [0.2, 0.25) is 0 Å². The van der Waals surface area contributed by atoms with E-state index in [-0.39, 0.29) is 6.10 Å². The van der Waals surface area contributed by atoms with Crippen LogP contribution < -0.4 is 4.84 Å². The van der Waals surface area contributed by atoms with Crippen LogP contribution in [0.2, 0.25) is 10.0 Å². The van der Waals surface area contributed by atoms with Crippen LogP contribution in [0, 0.1) is 0 Å². The molecule has 0 bridgehead atoms. The molecule has 2 aromatic heterocycles. The maximum absolute atomic E-state index is 6.13. The van der Waals surface area contributed by atoms with Crippen molar-refractivity contribution in [2.75, 3.05) is 0 Å².